The lowest BCUT2D eigenvalue weighted by Gasteiger charge is -2.01. The summed E-state index contributed by atoms with van der Waals surface area (Å²) in [5, 5.41) is 4.28. The molecule has 0 aliphatic rings. The summed E-state index contributed by atoms with van der Waals surface area (Å²) in [5.74, 6) is -0.399. The normalized spacial score (nSPS) is 10.8. The molecule has 5 heteroatoms. The summed E-state index contributed by atoms with van der Waals surface area (Å²) in [6.45, 7) is 0. The summed E-state index contributed by atoms with van der Waals surface area (Å²) >= 11 is 9.20. The van der Waals surface area contributed by atoms with E-state index in [1.165, 1.54) is 12.3 Å². The SMILES string of the molecule is Fc1cccc(Cl)c1/C=N/Nc1ccc(Br)cc1. The van der Waals surface area contributed by atoms with Gasteiger partial charge in [-0.2, -0.15) is 5.10 Å². The zero-order chi connectivity index (χ0) is 13.0. The van der Waals surface area contributed by atoms with Crippen LogP contribution in [0.1, 0.15) is 5.56 Å². The van der Waals surface area contributed by atoms with Gasteiger partial charge in [-0.1, -0.05) is 33.6 Å². The molecular weight excluding hydrogens is 319 g/mol. The van der Waals surface area contributed by atoms with Crippen LogP contribution in [-0.2, 0) is 0 Å². The van der Waals surface area contributed by atoms with E-state index in [2.05, 4.69) is 26.5 Å². The molecule has 0 saturated heterocycles. The van der Waals surface area contributed by atoms with Gasteiger partial charge in [-0.05, 0) is 36.4 Å². The third-order valence-corrected chi connectivity index (χ3v) is 3.09. The van der Waals surface area contributed by atoms with Crippen LogP contribution < -0.4 is 5.43 Å². The van der Waals surface area contributed by atoms with E-state index >= 15 is 0 Å². The second-order valence-electron chi connectivity index (χ2n) is 3.51. The first-order valence-electron chi connectivity index (χ1n) is 5.15. The Morgan fingerprint density at radius 2 is 1.89 bits per heavy atom. The maximum atomic E-state index is 13.4. The largest absolute Gasteiger partial charge is 0.279 e. The van der Waals surface area contributed by atoms with Gasteiger partial charge >= 0.3 is 0 Å². The minimum absolute atomic E-state index is 0.267. The summed E-state index contributed by atoms with van der Waals surface area (Å²) in [6.07, 6.45) is 1.36. The highest BCUT2D eigenvalue weighted by molar-refractivity contribution is 9.10. The topological polar surface area (TPSA) is 24.4 Å². The monoisotopic (exact) mass is 326 g/mol. The molecule has 2 rings (SSSR count). The number of nitrogens with one attached hydrogen (secondary N) is 1. The summed E-state index contributed by atoms with van der Waals surface area (Å²) < 4.78 is 14.4. The molecule has 0 unspecified atom stereocenters. The molecule has 0 fully saturated rings. The maximum absolute atomic E-state index is 13.4. The van der Waals surface area contributed by atoms with Gasteiger partial charge in [-0.3, -0.25) is 5.43 Å². The zero-order valence-electron chi connectivity index (χ0n) is 9.20. The second kappa shape index (κ2) is 5.98. The molecule has 92 valence electrons. The number of hydrogen-bond acceptors (Lipinski definition) is 2. The van der Waals surface area contributed by atoms with E-state index in [9.17, 15) is 4.39 Å². The predicted octanol–water partition coefficient (Wildman–Crippen LogP) is 4.69. The van der Waals surface area contributed by atoms with E-state index in [0.717, 1.165) is 10.2 Å². The lowest BCUT2D eigenvalue weighted by atomic mass is 10.2. The van der Waals surface area contributed by atoms with E-state index in [1.807, 2.05) is 24.3 Å². The Labute approximate surface area is 118 Å². The number of hydrogen-bond donors (Lipinski definition) is 1. The number of halogens is 3. The molecule has 0 amide bonds. The molecule has 2 aromatic carbocycles. The van der Waals surface area contributed by atoms with Gasteiger partial charge in [0, 0.05) is 10.0 Å². The summed E-state index contributed by atoms with van der Waals surface area (Å²) in [4.78, 5) is 0. The molecule has 0 atom stereocenters. The molecule has 0 aliphatic heterocycles. The van der Waals surface area contributed by atoms with Crippen molar-refractivity contribution in [2.45, 2.75) is 0 Å². The van der Waals surface area contributed by atoms with Crippen LogP contribution in [0.5, 0.6) is 0 Å². The first kappa shape index (κ1) is 13.1. The molecule has 0 spiro atoms. The molecule has 2 nitrogen and oxygen atoms in total. The van der Waals surface area contributed by atoms with E-state index in [4.69, 9.17) is 11.6 Å². The number of hydrazone groups is 1. The van der Waals surface area contributed by atoms with Crippen LogP contribution in [0.2, 0.25) is 5.02 Å². The predicted molar refractivity (Wildman–Crippen MR) is 76.8 cm³/mol. The average molecular weight is 328 g/mol. The molecular formula is C13H9BrClFN2. The smallest absolute Gasteiger partial charge is 0.133 e. The van der Waals surface area contributed by atoms with Crippen molar-refractivity contribution in [3.63, 3.8) is 0 Å². The van der Waals surface area contributed by atoms with Crippen molar-refractivity contribution >= 4 is 39.4 Å². The lowest BCUT2D eigenvalue weighted by molar-refractivity contribution is 0.626. The first-order chi connectivity index (χ1) is 8.66. The van der Waals surface area contributed by atoms with Gasteiger partial charge < -0.3 is 0 Å². The van der Waals surface area contributed by atoms with Crippen molar-refractivity contribution in [2.24, 2.45) is 5.10 Å². The van der Waals surface area contributed by atoms with E-state index in [1.54, 1.807) is 12.1 Å². The van der Waals surface area contributed by atoms with Gasteiger partial charge in [0.25, 0.3) is 0 Å². The minimum Gasteiger partial charge on any atom is -0.279 e. The second-order valence-corrected chi connectivity index (χ2v) is 4.84. The summed E-state index contributed by atoms with van der Waals surface area (Å²) in [5.41, 5.74) is 3.87. The fourth-order valence-corrected chi connectivity index (χ4v) is 1.81. The quantitative estimate of drug-likeness (QED) is 0.642. The van der Waals surface area contributed by atoms with Crippen LogP contribution in [0.15, 0.2) is 52.0 Å². The van der Waals surface area contributed by atoms with Gasteiger partial charge in [0.15, 0.2) is 0 Å². The Balaban J connectivity index is 2.10. The summed E-state index contributed by atoms with van der Waals surface area (Å²) in [7, 11) is 0. The number of nitrogens with zero attached hydrogens (tertiary/aromatic N) is 1. The fourth-order valence-electron chi connectivity index (χ4n) is 1.33. The molecule has 0 bridgehead atoms. The zero-order valence-corrected chi connectivity index (χ0v) is 11.5. The van der Waals surface area contributed by atoms with Crippen molar-refractivity contribution < 1.29 is 4.39 Å². The van der Waals surface area contributed by atoms with E-state index < -0.39 is 5.82 Å². The van der Waals surface area contributed by atoms with Gasteiger partial charge in [-0.25, -0.2) is 4.39 Å². The molecule has 0 aliphatic carbocycles. The van der Waals surface area contributed by atoms with Crippen LogP contribution in [0.4, 0.5) is 10.1 Å². The van der Waals surface area contributed by atoms with Crippen molar-refractivity contribution in [2.75, 3.05) is 5.43 Å². The highest BCUT2D eigenvalue weighted by Gasteiger charge is 2.03. The lowest BCUT2D eigenvalue weighted by Crippen LogP contribution is -1.93. The Bertz CT molecular complexity index is 549. The first-order valence-corrected chi connectivity index (χ1v) is 6.32. The van der Waals surface area contributed by atoms with Gasteiger partial charge in [0.2, 0.25) is 0 Å². The third-order valence-electron chi connectivity index (χ3n) is 2.23. The Morgan fingerprint density at radius 1 is 1.17 bits per heavy atom. The summed E-state index contributed by atoms with van der Waals surface area (Å²) in [6, 6.07) is 12.0. The number of anilines is 1. The Morgan fingerprint density at radius 3 is 2.56 bits per heavy atom. The van der Waals surface area contributed by atoms with Gasteiger partial charge in [-0.15, -0.1) is 0 Å². The van der Waals surface area contributed by atoms with Crippen molar-refractivity contribution in [1.82, 2.24) is 0 Å². The van der Waals surface area contributed by atoms with Crippen LogP contribution in [0, 0.1) is 5.82 Å². The van der Waals surface area contributed by atoms with Gasteiger partial charge in [0.1, 0.15) is 5.82 Å². The maximum Gasteiger partial charge on any atom is 0.133 e. The molecule has 0 saturated carbocycles. The van der Waals surface area contributed by atoms with Crippen LogP contribution in [-0.4, -0.2) is 6.21 Å². The molecule has 1 N–H and O–H groups in total. The van der Waals surface area contributed by atoms with E-state index in [0.29, 0.717) is 5.02 Å². The van der Waals surface area contributed by atoms with Gasteiger partial charge in [0.05, 0.1) is 16.9 Å². The molecule has 0 heterocycles. The molecule has 18 heavy (non-hydrogen) atoms. The Kier molecular flexibility index (Phi) is 4.33. The standard InChI is InChI=1S/C13H9BrClFN2/c14-9-4-6-10(7-5-9)18-17-8-11-12(15)2-1-3-13(11)16/h1-8,18H/b17-8+. The molecule has 2 aromatic rings. The van der Waals surface area contributed by atoms with Crippen LogP contribution in [0.25, 0.3) is 0 Å². The number of rotatable bonds is 3. The van der Waals surface area contributed by atoms with E-state index in [-0.39, 0.29) is 5.56 Å². The average Bonchev–Trinajstić information content (AvgIpc) is 2.35. The van der Waals surface area contributed by atoms with Crippen LogP contribution in [0.3, 0.4) is 0 Å². The minimum atomic E-state index is -0.399. The third kappa shape index (κ3) is 3.31. The molecule has 0 radical (unpaired) electrons. The van der Waals surface area contributed by atoms with Crippen molar-refractivity contribution in [3.8, 4) is 0 Å². The van der Waals surface area contributed by atoms with Crippen molar-refractivity contribution in [1.29, 1.82) is 0 Å². The Hall–Kier alpha value is -1.39. The highest BCUT2D eigenvalue weighted by atomic mass is 79.9. The number of benzene rings is 2. The highest BCUT2D eigenvalue weighted by Crippen LogP contribution is 2.17. The molecule has 0 aromatic heterocycles. The fraction of sp³-hybridized carbons (Fsp3) is 0. The van der Waals surface area contributed by atoms with Crippen LogP contribution >= 0.6 is 27.5 Å². The van der Waals surface area contributed by atoms with Crippen molar-refractivity contribution in [3.05, 3.63) is 63.3 Å².